The second kappa shape index (κ2) is 11.0. The maximum absolute atomic E-state index is 13.5. The first-order chi connectivity index (χ1) is 17.4. The average Bonchev–Trinajstić information content (AvgIpc) is 2.92. The fourth-order valence-corrected chi connectivity index (χ4v) is 3.96. The fraction of sp³-hybridized carbons (Fsp3) is 0.233. The number of carbonyl (C=O) groups is 1. The number of hydrogen-bond acceptors (Lipinski definition) is 5. The molecule has 0 aliphatic carbocycles. The minimum atomic E-state index is -0.723. The molecule has 0 fully saturated rings. The van der Waals surface area contributed by atoms with Gasteiger partial charge < -0.3 is 14.8 Å². The Kier molecular flexibility index (Phi) is 7.64. The van der Waals surface area contributed by atoms with Crippen LogP contribution in [-0.2, 0) is 16.8 Å². The van der Waals surface area contributed by atoms with E-state index in [2.05, 4.69) is 29.1 Å². The zero-order chi connectivity index (χ0) is 25.5. The van der Waals surface area contributed by atoms with E-state index in [1.54, 1.807) is 25.7 Å². The molecule has 2 aromatic heterocycles. The third-order valence-electron chi connectivity index (χ3n) is 6.62. The summed E-state index contributed by atoms with van der Waals surface area (Å²) in [7, 11) is 1.62. The predicted octanol–water partition coefficient (Wildman–Crippen LogP) is 6.28. The van der Waals surface area contributed by atoms with Gasteiger partial charge in [-0.1, -0.05) is 44.2 Å². The van der Waals surface area contributed by atoms with Crippen molar-refractivity contribution in [2.24, 2.45) is 5.92 Å². The largest absolute Gasteiger partial charge is 0.495 e. The van der Waals surface area contributed by atoms with Gasteiger partial charge in [0.2, 0.25) is 5.91 Å². The second-order valence-corrected chi connectivity index (χ2v) is 9.14. The Morgan fingerprint density at radius 3 is 2.33 bits per heavy atom. The Balaban J connectivity index is 1.47. The number of nitrogens with one attached hydrogen (secondary N) is 1. The molecule has 1 unspecified atom stereocenters. The summed E-state index contributed by atoms with van der Waals surface area (Å²) in [5.41, 5.74) is 3.77. The third-order valence-corrected chi connectivity index (χ3v) is 6.62. The molecule has 1 amide bonds. The number of nitrogens with zero attached hydrogens (tertiary/aromatic N) is 2. The molecule has 0 spiro atoms. The van der Waals surface area contributed by atoms with Crippen LogP contribution in [0.3, 0.4) is 0 Å². The summed E-state index contributed by atoms with van der Waals surface area (Å²) in [5, 5.41) is 3.09. The number of pyridine rings is 2. The van der Waals surface area contributed by atoms with Gasteiger partial charge in [0, 0.05) is 23.6 Å². The van der Waals surface area contributed by atoms with Gasteiger partial charge >= 0.3 is 0 Å². The first kappa shape index (κ1) is 24.9. The molecule has 0 bridgehead atoms. The molecular formula is C30H31N3O3. The highest BCUT2D eigenvalue weighted by Crippen LogP contribution is 2.35. The van der Waals surface area contributed by atoms with Gasteiger partial charge in [0.15, 0.2) is 0 Å². The van der Waals surface area contributed by atoms with Crippen molar-refractivity contribution in [2.45, 2.75) is 32.8 Å². The van der Waals surface area contributed by atoms with Crippen LogP contribution in [0.15, 0.2) is 91.4 Å². The number of rotatable bonds is 9. The third kappa shape index (κ3) is 5.54. The lowest BCUT2D eigenvalue weighted by Crippen LogP contribution is -2.42. The first-order valence-electron chi connectivity index (χ1n) is 11.9. The summed E-state index contributed by atoms with van der Waals surface area (Å²) < 4.78 is 11.1. The van der Waals surface area contributed by atoms with Crippen LogP contribution >= 0.6 is 0 Å². The van der Waals surface area contributed by atoms with Crippen LogP contribution in [0.5, 0.6) is 11.5 Å². The Bertz CT molecular complexity index is 1290. The van der Waals surface area contributed by atoms with Crippen molar-refractivity contribution in [2.75, 3.05) is 12.4 Å². The van der Waals surface area contributed by atoms with E-state index in [4.69, 9.17) is 9.47 Å². The number of benzene rings is 2. The topological polar surface area (TPSA) is 73.3 Å². The molecule has 2 aromatic carbocycles. The molecule has 1 atom stereocenters. The maximum Gasteiger partial charge on any atom is 0.235 e. The lowest BCUT2D eigenvalue weighted by molar-refractivity contribution is -0.122. The molecule has 0 aliphatic rings. The van der Waals surface area contributed by atoms with E-state index in [0.29, 0.717) is 18.1 Å². The summed E-state index contributed by atoms with van der Waals surface area (Å²) in [6, 6.07) is 23.1. The van der Waals surface area contributed by atoms with Crippen molar-refractivity contribution >= 4 is 11.6 Å². The molecule has 184 valence electrons. The number of hydrogen-bond donors (Lipinski definition) is 1. The molecule has 6 heteroatoms. The monoisotopic (exact) mass is 481 g/mol. The van der Waals surface area contributed by atoms with Gasteiger partial charge in [0.25, 0.3) is 0 Å². The van der Waals surface area contributed by atoms with E-state index in [-0.39, 0.29) is 11.8 Å². The molecule has 0 radical (unpaired) electrons. The molecule has 1 N–H and O–H groups in total. The molecule has 0 saturated carbocycles. The van der Waals surface area contributed by atoms with Gasteiger partial charge in [-0.25, -0.2) is 0 Å². The van der Waals surface area contributed by atoms with Gasteiger partial charge in [-0.2, -0.15) is 0 Å². The Morgan fingerprint density at radius 1 is 0.944 bits per heavy atom. The van der Waals surface area contributed by atoms with Crippen LogP contribution in [0, 0.1) is 5.92 Å². The minimum absolute atomic E-state index is 0.0598. The highest BCUT2D eigenvalue weighted by Gasteiger charge is 2.38. The number of anilines is 1. The van der Waals surface area contributed by atoms with Gasteiger partial charge in [-0.05, 0) is 66.4 Å². The van der Waals surface area contributed by atoms with Crippen molar-refractivity contribution < 1.29 is 14.3 Å². The zero-order valence-corrected chi connectivity index (χ0v) is 21.1. The zero-order valence-electron chi connectivity index (χ0n) is 21.1. The van der Waals surface area contributed by atoms with Crippen LogP contribution in [-0.4, -0.2) is 23.0 Å². The molecule has 2 heterocycles. The van der Waals surface area contributed by atoms with Gasteiger partial charge in [-0.3, -0.25) is 14.8 Å². The van der Waals surface area contributed by atoms with Crippen LogP contribution in [0.25, 0.3) is 11.1 Å². The van der Waals surface area contributed by atoms with Crippen LogP contribution in [0.2, 0.25) is 0 Å². The SMILES string of the molecule is COc1cncc(-c2ccc(C(C)(C(=O)Nc3ccc(OCc4ccccn4)cc3)C(C)C)cc2)c1. The van der Waals surface area contributed by atoms with Crippen molar-refractivity contribution in [1.29, 1.82) is 0 Å². The number of methoxy groups -OCH3 is 1. The Labute approximate surface area is 212 Å². The molecule has 4 aromatic rings. The molecule has 0 saturated heterocycles. The molecule has 0 aliphatic heterocycles. The summed E-state index contributed by atoms with van der Waals surface area (Å²) in [6.07, 6.45) is 5.22. The Hall–Kier alpha value is -4.19. The van der Waals surface area contributed by atoms with Crippen molar-refractivity contribution in [3.8, 4) is 22.6 Å². The van der Waals surface area contributed by atoms with E-state index in [9.17, 15) is 4.79 Å². The van der Waals surface area contributed by atoms with Crippen molar-refractivity contribution in [3.05, 3.63) is 103 Å². The molecule has 4 rings (SSSR count). The van der Waals surface area contributed by atoms with E-state index in [0.717, 1.165) is 28.1 Å². The van der Waals surface area contributed by atoms with E-state index in [1.807, 2.05) is 79.7 Å². The lowest BCUT2D eigenvalue weighted by atomic mass is 9.72. The highest BCUT2D eigenvalue weighted by atomic mass is 16.5. The molecular weight excluding hydrogens is 450 g/mol. The summed E-state index contributed by atoms with van der Waals surface area (Å²) in [6.45, 7) is 6.50. The van der Waals surface area contributed by atoms with E-state index < -0.39 is 5.41 Å². The predicted molar refractivity (Wildman–Crippen MR) is 142 cm³/mol. The van der Waals surface area contributed by atoms with E-state index >= 15 is 0 Å². The summed E-state index contributed by atoms with van der Waals surface area (Å²) in [5.74, 6) is 1.43. The van der Waals surface area contributed by atoms with Gasteiger partial charge in [-0.15, -0.1) is 0 Å². The first-order valence-corrected chi connectivity index (χ1v) is 11.9. The second-order valence-electron chi connectivity index (χ2n) is 9.14. The van der Waals surface area contributed by atoms with Crippen LogP contribution in [0.1, 0.15) is 32.0 Å². The van der Waals surface area contributed by atoms with Crippen molar-refractivity contribution in [1.82, 2.24) is 9.97 Å². The van der Waals surface area contributed by atoms with Crippen LogP contribution < -0.4 is 14.8 Å². The normalized spacial score (nSPS) is 12.6. The number of amides is 1. The number of aromatic nitrogens is 2. The van der Waals surface area contributed by atoms with E-state index in [1.165, 1.54) is 0 Å². The average molecular weight is 482 g/mol. The van der Waals surface area contributed by atoms with Gasteiger partial charge in [0.1, 0.15) is 18.1 Å². The number of carbonyl (C=O) groups excluding carboxylic acids is 1. The minimum Gasteiger partial charge on any atom is -0.495 e. The maximum atomic E-state index is 13.5. The van der Waals surface area contributed by atoms with Crippen LogP contribution in [0.4, 0.5) is 5.69 Å². The highest BCUT2D eigenvalue weighted by molar-refractivity contribution is 5.99. The standard InChI is InChI=1S/C30H31N3O3/c1-21(2)30(3,24-10-8-22(9-11-24)23-17-28(35-4)19-31-18-23)29(34)33-25-12-14-27(15-13-25)36-20-26-7-5-6-16-32-26/h5-19,21H,20H2,1-4H3,(H,33,34). The fourth-order valence-electron chi connectivity index (χ4n) is 3.96. The lowest BCUT2D eigenvalue weighted by Gasteiger charge is -2.33. The summed E-state index contributed by atoms with van der Waals surface area (Å²) >= 11 is 0. The van der Waals surface area contributed by atoms with Crippen molar-refractivity contribution in [3.63, 3.8) is 0 Å². The molecule has 36 heavy (non-hydrogen) atoms. The number of ether oxygens (including phenoxy) is 2. The van der Waals surface area contributed by atoms with Gasteiger partial charge in [0.05, 0.1) is 24.4 Å². The summed E-state index contributed by atoms with van der Waals surface area (Å²) in [4.78, 5) is 22.0. The smallest absolute Gasteiger partial charge is 0.235 e. The quantitative estimate of drug-likeness (QED) is 0.304. The molecule has 6 nitrogen and oxygen atoms in total. The Morgan fingerprint density at radius 2 is 1.69 bits per heavy atom.